The molecule has 1 aliphatic rings. The second-order valence-electron chi connectivity index (χ2n) is 12.4. The summed E-state index contributed by atoms with van der Waals surface area (Å²) in [5, 5.41) is 3.25. The Bertz CT molecular complexity index is 1810. The maximum absolute atomic E-state index is 14.8. The summed E-state index contributed by atoms with van der Waals surface area (Å²) >= 11 is 0. The Morgan fingerprint density at radius 1 is 0.816 bits per heavy atom. The Kier molecular flexibility index (Phi) is 12.0. The van der Waals surface area contributed by atoms with Crippen LogP contribution in [-0.2, 0) is 32.6 Å². The lowest BCUT2D eigenvalue weighted by Gasteiger charge is -2.35. The zero-order valence-electron chi connectivity index (χ0n) is 28.4. The van der Waals surface area contributed by atoms with Gasteiger partial charge in [-0.25, -0.2) is 8.42 Å². The van der Waals surface area contributed by atoms with Crippen LogP contribution in [0.5, 0.6) is 11.5 Å². The van der Waals surface area contributed by atoms with Gasteiger partial charge in [0.25, 0.3) is 10.0 Å². The lowest BCUT2D eigenvalue weighted by Crippen LogP contribution is -2.55. The molecule has 0 heterocycles. The predicted octanol–water partition coefficient (Wildman–Crippen LogP) is 6.30. The first-order chi connectivity index (χ1) is 23.7. The molecule has 1 atom stereocenters. The summed E-state index contributed by atoms with van der Waals surface area (Å²) in [6, 6.07) is 29.2. The van der Waals surface area contributed by atoms with Crippen LogP contribution in [0.2, 0.25) is 0 Å². The number of nitrogens with zero attached hydrogens (tertiary/aromatic N) is 2. The topological polar surface area (TPSA) is 105 Å². The van der Waals surface area contributed by atoms with E-state index in [1.54, 1.807) is 35.2 Å². The molecule has 1 fully saturated rings. The molecular formula is C39H45N3O6S. The zero-order valence-corrected chi connectivity index (χ0v) is 29.2. The van der Waals surface area contributed by atoms with Crippen LogP contribution in [0.25, 0.3) is 0 Å². The smallest absolute Gasteiger partial charge is 0.264 e. The highest BCUT2D eigenvalue weighted by Crippen LogP contribution is 2.34. The van der Waals surface area contributed by atoms with Crippen molar-refractivity contribution in [2.45, 2.75) is 69.0 Å². The maximum Gasteiger partial charge on any atom is 0.264 e. The summed E-state index contributed by atoms with van der Waals surface area (Å²) in [6.45, 7) is 1.52. The van der Waals surface area contributed by atoms with Crippen molar-refractivity contribution < 1.29 is 27.5 Å². The lowest BCUT2D eigenvalue weighted by molar-refractivity contribution is -0.140. The first-order valence-electron chi connectivity index (χ1n) is 16.7. The van der Waals surface area contributed by atoms with E-state index < -0.39 is 28.5 Å². The summed E-state index contributed by atoms with van der Waals surface area (Å²) in [4.78, 5) is 30.7. The summed E-state index contributed by atoms with van der Waals surface area (Å²) in [7, 11) is -1.29. The number of methoxy groups -OCH3 is 2. The van der Waals surface area contributed by atoms with Gasteiger partial charge in [-0.1, -0.05) is 92.1 Å². The van der Waals surface area contributed by atoms with Crippen molar-refractivity contribution in [3.63, 3.8) is 0 Å². The zero-order chi connectivity index (χ0) is 34.8. The highest BCUT2D eigenvalue weighted by Gasteiger charge is 2.36. The average molecular weight is 684 g/mol. The number of aryl methyl sites for hydroxylation is 1. The fraction of sp³-hybridized carbons (Fsp3) is 0.333. The van der Waals surface area contributed by atoms with Crippen LogP contribution in [0.3, 0.4) is 0 Å². The molecule has 258 valence electrons. The minimum Gasteiger partial charge on any atom is -0.493 e. The van der Waals surface area contributed by atoms with Gasteiger partial charge in [0.15, 0.2) is 11.5 Å². The number of amides is 2. The number of ether oxygens (including phenoxy) is 2. The third kappa shape index (κ3) is 8.80. The molecule has 10 heteroatoms. The Labute approximate surface area is 289 Å². The summed E-state index contributed by atoms with van der Waals surface area (Å²) in [5.74, 6) is -0.0389. The molecule has 0 spiro atoms. The van der Waals surface area contributed by atoms with Crippen LogP contribution in [0.15, 0.2) is 108 Å². The van der Waals surface area contributed by atoms with Crippen LogP contribution in [0.1, 0.15) is 48.8 Å². The van der Waals surface area contributed by atoms with Gasteiger partial charge >= 0.3 is 0 Å². The number of sulfonamides is 1. The fourth-order valence-electron chi connectivity index (χ4n) is 6.30. The molecule has 9 nitrogen and oxygen atoms in total. The minimum absolute atomic E-state index is 0.0247. The van der Waals surface area contributed by atoms with E-state index in [0.717, 1.165) is 53.1 Å². The van der Waals surface area contributed by atoms with Crippen LogP contribution in [0, 0.1) is 6.92 Å². The van der Waals surface area contributed by atoms with E-state index in [1.165, 1.54) is 32.4 Å². The molecule has 1 saturated carbocycles. The standard InChI is InChI=1S/C39H45N3O6S/c1-29-15-13-14-18-31(29)27-41(35(25-30-16-7-4-8-17-30)39(44)40-32-19-9-5-10-20-32)38(43)28-42(49(45,46)34-21-11-6-12-22-34)33-23-24-36(47-2)37(26-33)48-3/h4,6-8,11-18,21-24,26,32,35H,5,9-10,19-20,25,27-28H2,1-3H3,(H,40,44)/t35-/m1/s1. The molecule has 0 unspecified atom stereocenters. The van der Waals surface area contributed by atoms with Crippen molar-refractivity contribution in [2.24, 2.45) is 0 Å². The summed E-state index contributed by atoms with van der Waals surface area (Å²) < 4.78 is 40.6. The SMILES string of the molecule is COc1ccc(N(CC(=O)N(Cc2ccccc2C)[C@H](Cc2ccccc2)C(=O)NC2CCCCC2)S(=O)(=O)c2ccccc2)cc1OC. The molecule has 4 aromatic rings. The van der Waals surface area contributed by atoms with Crippen molar-refractivity contribution in [3.05, 3.63) is 120 Å². The first kappa shape index (κ1) is 35.5. The van der Waals surface area contributed by atoms with Crippen LogP contribution >= 0.6 is 0 Å². The molecule has 0 aliphatic heterocycles. The number of rotatable bonds is 14. The molecule has 4 aromatic carbocycles. The first-order valence-corrected chi connectivity index (χ1v) is 18.1. The number of carbonyl (C=O) groups is 2. The third-order valence-corrected chi connectivity index (χ3v) is 10.9. The molecule has 49 heavy (non-hydrogen) atoms. The Morgan fingerprint density at radius 3 is 2.10 bits per heavy atom. The quantitative estimate of drug-likeness (QED) is 0.167. The molecular weight excluding hydrogens is 639 g/mol. The van der Waals surface area contributed by atoms with Crippen LogP contribution in [-0.4, -0.2) is 58.0 Å². The highest BCUT2D eigenvalue weighted by molar-refractivity contribution is 7.92. The predicted molar refractivity (Wildman–Crippen MR) is 191 cm³/mol. The molecule has 1 aliphatic carbocycles. The largest absolute Gasteiger partial charge is 0.493 e. The van der Waals surface area contributed by atoms with Crippen molar-refractivity contribution in [3.8, 4) is 11.5 Å². The van der Waals surface area contributed by atoms with E-state index in [9.17, 15) is 18.0 Å². The van der Waals surface area contributed by atoms with Crippen molar-refractivity contribution >= 4 is 27.5 Å². The van der Waals surface area contributed by atoms with Gasteiger partial charge in [0, 0.05) is 25.1 Å². The van der Waals surface area contributed by atoms with Gasteiger partial charge in [0.05, 0.1) is 24.8 Å². The number of nitrogens with one attached hydrogen (secondary N) is 1. The second-order valence-corrected chi connectivity index (χ2v) is 14.2. The van der Waals surface area contributed by atoms with Crippen molar-refractivity contribution in [1.29, 1.82) is 0 Å². The third-order valence-electron chi connectivity index (χ3n) is 9.09. The number of carbonyl (C=O) groups excluding carboxylic acids is 2. The lowest BCUT2D eigenvalue weighted by atomic mass is 9.94. The minimum atomic E-state index is -4.25. The van der Waals surface area contributed by atoms with Gasteiger partial charge in [-0.05, 0) is 60.7 Å². The van der Waals surface area contributed by atoms with E-state index >= 15 is 0 Å². The monoisotopic (exact) mass is 683 g/mol. The Balaban J connectivity index is 1.59. The molecule has 0 saturated heterocycles. The Morgan fingerprint density at radius 2 is 1.45 bits per heavy atom. The molecule has 1 N–H and O–H groups in total. The molecule has 0 radical (unpaired) electrons. The average Bonchev–Trinajstić information content (AvgIpc) is 3.13. The second kappa shape index (κ2) is 16.5. The summed E-state index contributed by atoms with van der Waals surface area (Å²) in [6.07, 6.45) is 5.25. The van der Waals surface area contributed by atoms with Gasteiger partial charge in [-0.3, -0.25) is 13.9 Å². The van der Waals surface area contributed by atoms with Gasteiger partial charge in [-0.15, -0.1) is 0 Å². The van der Waals surface area contributed by atoms with E-state index in [0.29, 0.717) is 11.5 Å². The number of anilines is 1. The van der Waals surface area contributed by atoms with Gasteiger partial charge in [0.1, 0.15) is 12.6 Å². The van der Waals surface area contributed by atoms with Gasteiger partial charge in [-0.2, -0.15) is 0 Å². The van der Waals surface area contributed by atoms with Gasteiger partial charge in [0.2, 0.25) is 11.8 Å². The molecule has 5 rings (SSSR count). The number of benzene rings is 4. The maximum atomic E-state index is 14.8. The Hall–Kier alpha value is -4.83. The molecule has 0 aromatic heterocycles. The number of hydrogen-bond donors (Lipinski definition) is 1. The highest BCUT2D eigenvalue weighted by atomic mass is 32.2. The molecule has 2 amide bonds. The van der Waals surface area contributed by atoms with E-state index in [1.807, 2.05) is 61.5 Å². The van der Waals surface area contributed by atoms with E-state index in [4.69, 9.17) is 9.47 Å². The summed E-state index contributed by atoms with van der Waals surface area (Å²) in [5.41, 5.74) is 2.93. The number of hydrogen-bond acceptors (Lipinski definition) is 6. The van der Waals surface area contributed by atoms with Crippen molar-refractivity contribution in [2.75, 3.05) is 25.1 Å². The van der Waals surface area contributed by atoms with Crippen LogP contribution < -0.4 is 19.1 Å². The van der Waals surface area contributed by atoms with E-state index in [-0.39, 0.29) is 35.5 Å². The van der Waals surface area contributed by atoms with E-state index in [2.05, 4.69) is 5.32 Å². The fourth-order valence-corrected chi connectivity index (χ4v) is 7.72. The van der Waals surface area contributed by atoms with Crippen molar-refractivity contribution in [1.82, 2.24) is 10.2 Å². The van der Waals surface area contributed by atoms with Crippen LogP contribution in [0.4, 0.5) is 5.69 Å². The molecule has 0 bridgehead atoms. The normalized spacial score (nSPS) is 14.0. The van der Waals surface area contributed by atoms with Gasteiger partial charge < -0.3 is 19.7 Å².